The topological polar surface area (TPSA) is 101 Å². The molecular formula is C23H30N4O4S. The minimum atomic E-state index is -0.367. The number of benzene rings is 1. The molecule has 3 rings (SSSR count). The number of nitrogens with zero attached hydrogens (tertiary/aromatic N) is 2. The molecule has 0 aliphatic carbocycles. The van der Waals surface area contributed by atoms with Crippen LogP contribution in [-0.2, 0) is 14.3 Å². The van der Waals surface area contributed by atoms with Crippen molar-refractivity contribution in [3.05, 3.63) is 40.4 Å². The minimum Gasteiger partial charge on any atom is -0.462 e. The van der Waals surface area contributed by atoms with E-state index in [9.17, 15) is 14.4 Å². The summed E-state index contributed by atoms with van der Waals surface area (Å²) in [7, 11) is 0. The van der Waals surface area contributed by atoms with Crippen molar-refractivity contribution in [3.63, 3.8) is 0 Å². The summed E-state index contributed by atoms with van der Waals surface area (Å²) in [6, 6.07) is 6.69. The number of carbonyl (C=O) groups is 3. The second kappa shape index (κ2) is 11.2. The number of nitrogens with one attached hydrogen (secondary N) is 2. The Morgan fingerprint density at radius 2 is 1.94 bits per heavy atom. The van der Waals surface area contributed by atoms with E-state index in [0.717, 1.165) is 36.4 Å². The number of esters is 1. The van der Waals surface area contributed by atoms with Gasteiger partial charge in [0.15, 0.2) is 5.13 Å². The van der Waals surface area contributed by atoms with Crippen LogP contribution in [0.5, 0.6) is 0 Å². The number of ether oxygens (including phenoxy) is 1. The van der Waals surface area contributed by atoms with Crippen molar-refractivity contribution in [2.24, 2.45) is 5.92 Å². The first-order chi connectivity index (χ1) is 15.4. The van der Waals surface area contributed by atoms with Crippen LogP contribution in [0, 0.1) is 19.8 Å². The molecule has 1 aromatic carbocycles. The number of hydrogen-bond acceptors (Lipinski definition) is 7. The van der Waals surface area contributed by atoms with E-state index in [2.05, 4.69) is 15.6 Å². The van der Waals surface area contributed by atoms with E-state index in [4.69, 9.17) is 4.74 Å². The molecule has 2 N–H and O–H groups in total. The summed E-state index contributed by atoms with van der Waals surface area (Å²) < 4.78 is 5.11. The van der Waals surface area contributed by atoms with Crippen molar-refractivity contribution in [1.82, 2.24) is 9.88 Å². The maximum atomic E-state index is 12.8. The summed E-state index contributed by atoms with van der Waals surface area (Å²) in [5.74, 6) is -0.767. The first kappa shape index (κ1) is 23.9. The van der Waals surface area contributed by atoms with E-state index in [1.54, 1.807) is 24.3 Å². The Labute approximate surface area is 192 Å². The van der Waals surface area contributed by atoms with Gasteiger partial charge in [0.2, 0.25) is 11.8 Å². The number of carbonyl (C=O) groups excluding carboxylic acids is 3. The van der Waals surface area contributed by atoms with Gasteiger partial charge in [0.25, 0.3) is 0 Å². The van der Waals surface area contributed by atoms with Crippen LogP contribution in [0.15, 0.2) is 24.3 Å². The summed E-state index contributed by atoms with van der Waals surface area (Å²) in [5.41, 5.74) is 2.01. The average Bonchev–Trinajstić information content (AvgIpc) is 3.09. The van der Waals surface area contributed by atoms with Crippen molar-refractivity contribution in [1.29, 1.82) is 0 Å². The van der Waals surface area contributed by atoms with Gasteiger partial charge in [-0.05, 0) is 63.9 Å². The van der Waals surface area contributed by atoms with Gasteiger partial charge in [-0.2, -0.15) is 0 Å². The lowest BCUT2D eigenvalue weighted by Gasteiger charge is -2.31. The van der Waals surface area contributed by atoms with Crippen molar-refractivity contribution in [2.75, 3.05) is 36.9 Å². The molecule has 0 spiro atoms. The van der Waals surface area contributed by atoms with Crippen molar-refractivity contribution in [2.45, 2.75) is 40.0 Å². The molecular weight excluding hydrogens is 428 g/mol. The monoisotopic (exact) mass is 458 g/mol. The molecule has 2 amide bonds. The van der Waals surface area contributed by atoms with Crippen LogP contribution in [0.3, 0.4) is 0 Å². The van der Waals surface area contributed by atoms with Gasteiger partial charge in [0, 0.05) is 17.1 Å². The number of aryl methyl sites for hydroxylation is 2. The molecule has 0 saturated carbocycles. The molecule has 9 heteroatoms. The molecule has 1 fully saturated rings. The van der Waals surface area contributed by atoms with E-state index in [1.807, 2.05) is 25.7 Å². The number of amides is 2. The molecule has 1 aromatic heterocycles. The first-order valence-corrected chi connectivity index (χ1v) is 11.7. The van der Waals surface area contributed by atoms with Crippen molar-refractivity contribution < 1.29 is 19.1 Å². The van der Waals surface area contributed by atoms with Crippen LogP contribution >= 0.6 is 11.3 Å². The zero-order valence-electron chi connectivity index (χ0n) is 18.8. The summed E-state index contributed by atoms with van der Waals surface area (Å²) in [6.45, 7) is 7.75. The van der Waals surface area contributed by atoms with Crippen LogP contribution in [0.4, 0.5) is 10.8 Å². The Hall–Kier alpha value is -2.78. The Balaban J connectivity index is 1.49. The molecule has 1 aliphatic heterocycles. The molecule has 1 saturated heterocycles. The van der Waals surface area contributed by atoms with Gasteiger partial charge in [-0.15, -0.1) is 11.3 Å². The molecule has 172 valence electrons. The highest BCUT2D eigenvalue weighted by atomic mass is 32.1. The fourth-order valence-corrected chi connectivity index (χ4v) is 4.34. The highest BCUT2D eigenvalue weighted by Gasteiger charge is 2.27. The predicted octanol–water partition coefficient (Wildman–Crippen LogP) is 3.62. The number of thiazole rings is 1. The molecule has 1 unspecified atom stereocenters. The third kappa shape index (κ3) is 6.61. The summed E-state index contributed by atoms with van der Waals surface area (Å²) in [5, 5.41) is 6.38. The SMILES string of the molecule is CCCOC(=O)c1ccc(NC(=O)C2CCCN(CC(=O)Nc3nc(C)c(C)s3)C2)cc1. The fraction of sp³-hybridized carbons (Fsp3) is 0.478. The van der Waals surface area contributed by atoms with Gasteiger partial charge in [0.1, 0.15) is 0 Å². The second-order valence-corrected chi connectivity index (χ2v) is 9.19. The third-order valence-electron chi connectivity index (χ3n) is 5.34. The molecule has 1 aliphatic rings. The number of hydrogen-bond donors (Lipinski definition) is 2. The molecule has 2 heterocycles. The summed E-state index contributed by atoms with van der Waals surface area (Å²) >= 11 is 1.46. The highest BCUT2D eigenvalue weighted by Crippen LogP contribution is 2.22. The van der Waals surface area contributed by atoms with Crippen LogP contribution in [0.2, 0.25) is 0 Å². The first-order valence-electron chi connectivity index (χ1n) is 10.9. The van der Waals surface area contributed by atoms with Crippen LogP contribution in [-0.4, -0.2) is 53.9 Å². The van der Waals surface area contributed by atoms with Gasteiger partial charge >= 0.3 is 5.97 Å². The van der Waals surface area contributed by atoms with Gasteiger partial charge in [-0.25, -0.2) is 9.78 Å². The molecule has 32 heavy (non-hydrogen) atoms. The normalized spacial score (nSPS) is 16.4. The second-order valence-electron chi connectivity index (χ2n) is 7.99. The average molecular weight is 459 g/mol. The van der Waals surface area contributed by atoms with Gasteiger partial charge in [0.05, 0.1) is 30.3 Å². The van der Waals surface area contributed by atoms with Crippen molar-refractivity contribution >= 4 is 39.9 Å². The Bertz CT molecular complexity index is 938. The van der Waals surface area contributed by atoms with E-state index >= 15 is 0 Å². The number of rotatable bonds is 8. The Morgan fingerprint density at radius 1 is 1.19 bits per heavy atom. The number of likely N-dealkylation sites (tertiary alicyclic amines) is 1. The van der Waals surface area contributed by atoms with Crippen LogP contribution < -0.4 is 10.6 Å². The number of anilines is 2. The van der Waals surface area contributed by atoms with Gasteiger partial charge < -0.3 is 15.4 Å². The van der Waals surface area contributed by atoms with Crippen molar-refractivity contribution in [3.8, 4) is 0 Å². The zero-order chi connectivity index (χ0) is 23.1. The largest absolute Gasteiger partial charge is 0.462 e. The Morgan fingerprint density at radius 3 is 2.59 bits per heavy atom. The highest BCUT2D eigenvalue weighted by molar-refractivity contribution is 7.15. The van der Waals surface area contributed by atoms with Gasteiger partial charge in [-0.1, -0.05) is 6.92 Å². The van der Waals surface area contributed by atoms with E-state index in [-0.39, 0.29) is 30.2 Å². The lowest BCUT2D eigenvalue weighted by molar-refractivity contribution is -0.123. The third-order valence-corrected chi connectivity index (χ3v) is 6.33. The fourth-order valence-electron chi connectivity index (χ4n) is 3.51. The number of piperidine rings is 1. The molecule has 0 radical (unpaired) electrons. The lowest BCUT2D eigenvalue weighted by atomic mass is 9.97. The molecule has 1 atom stereocenters. The van der Waals surface area contributed by atoms with E-state index < -0.39 is 0 Å². The molecule has 8 nitrogen and oxygen atoms in total. The predicted molar refractivity (Wildman–Crippen MR) is 125 cm³/mol. The molecule has 2 aromatic rings. The van der Waals surface area contributed by atoms with Gasteiger partial charge in [-0.3, -0.25) is 14.5 Å². The standard InChI is InChI=1S/C23H30N4O4S/c1-4-12-31-22(30)17-7-9-19(10-8-17)25-21(29)18-6-5-11-27(13-18)14-20(28)26-23-24-15(2)16(3)32-23/h7-10,18H,4-6,11-14H2,1-3H3,(H,25,29)(H,24,26,28). The Kier molecular flexibility index (Phi) is 8.35. The summed E-state index contributed by atoms with van der Waals surface area (Å²) in [4.78, 5) is 44.5. The summed E-state index contributed by atoms with van der Waals surface area (Å²) in [6.07, 6.45) is 2.39. The molecule has 0 bridgehead atoms. The quantitative estimate of drug-likeness (QED) is 0.586. The van der Waals surface area contributed by atoms with Crippen LogP contribution in [0.1, 0.15) is 47.1 Å². The maximum Gasteiger partial charge on any atom is 0.338 e. The number of aromatic nitrogens is 1. The van der Waals surface area contributed by atoms with E-state index in [1.165, 1.54) is 11.3 Å². The van der Waals surface area contributed by atoms with Crippen LogP contribution in [0.25, 0.3) is 0 Å². The smallest absolute Gasteiger partial charge is 0.338 e. The lowest BCUT2D eigenvalue weighted by Crippen LogP contribution is -2.43. The maximum absolute atomic E-state index is 12.8. The zero-order valence-corrected chi connectivity index (χ0v) is 19.6. The minimum absolute atomic E-state index is 0.0809. The van der Waals surface area contributed by atoms with E-state index in [0.29, 0.717) is 29.5 Å².